The summed E-state index contributed by atoms with van der Waals surface area (Å²) in [6.07, 6.45) is -0.150. The van der Waals surface area contributed by atoms with Crippen molar-refractivity contribution in [3.05, 3.63) is 69.0 Å². The molecule has 25 heavy (non-hydrogen) atoms. The molecule has 0 spiro atoms. The van der Waals surface area contributed by atoms with Crippen LogP contribution in [0.3, 0.4) is 0 Å². The van der Waals surface area contributed by atoms with Crippen LogP contribution in [0.5, 0.6) is 0 Å². The number of hydrogen-bond donors (Lipinski definition) is 1. The number of amides is 2. The first-order valence-corrected chi connectivity index (χ1v) is 7.89. The van der Waals surface area contributed by atoms with Gasteiger partial charge in [-0.15, -0.1) is 0 Å². The summed E-state index contributed by atoms with van der Waals surface area (Å²) in [7, 11) is 0. The Morgan fingerprint density at radius 2 is 1.52 bits per heavy atom. The summed E-state index contributed by atoms with van der Waals surface area (Å²) in [5.41, 5.74) is 0.482. The van der Waals surface area contributed by atoms with Crippen LogP contribution >= 0.6 is 23.2 Å². The predicted molar refractivity (Wildman–Crippen MR) is 88.5 cm³/mol. The summed E-state index contributed by atoms with van der Waals surface area (Å²) in [4.78, 5) is 37.4. The lowest BCUT2D eigenvalue weighted by molar-refractivity contribution is -0.141. The minimum Gasteiger partial charge on any atom is -0.480 e. The van der Waals surface area contributed by atoms with Crippen LogP contribution in [-0.4, -0.2) is 33.8 Å². The zero-order valence-electron chi connectivity index (χ0n) is 12.5. The number of halogens is 3. The number of aliphatic carboxylic acids is 1. The molecule has 2 aromatic carbocycles. The smallest absolute Gasteiger partial charge is 0.327 e. The van der Waals surface area contributed by atoms with Crippen molar-refractivity contribution in [3.8, 4) is 0 Å². The fraction of sp³-hybridized carbons (Fsp3) is 0.118. The van der Waals surface area contributed by atoms with Crippen molar-refractivity contribution in [1.82, 2.24) is 4.90 Å². The van der Waals surface area contributed by atoms with Crippen LogP contribution in [0.1, 0.15) is 26.3 Å². The Bertz CT molecular complexity index is 857. The van der Waals surface area contributed by atoms with E-state index >= 15 is 0 Å². The van der Waals surface area contributed by atoms with E-state index in [1.54, 1.807) is 0 Å². The first kappa shape index (κ1) is 17.4. The van der Waals surface area contributed by atoms with E-state index in [-0.39, 0.29) is 27.6 Å². The summed E-state index contributed by atoms with van der Waals surface area (Å²) in [6, 6.07) is 6.21. The number of benzene rings is 2. The maximum Gasteiger partial charge on any atom is 0.327 e. The standard InChI is InChI=1S/C17H10Cl2FNO4/c18-12-6-10-11(7-13(12)19)16(23)21(15(10)22)14(17(24)25)5-8-1-3-9(20)4-2-8/h1-4,6-7,14H,5H2,(H,24,25)/t14-/m0/s1. The Kier molecular flexibility index (Phi) is 4.49. The number of carboxylic acid groups (broad SMARTS) is 1. The van der Waals surface area contributed by atoms with Crippen LogP contribution in [0, 0.1) is 5.82 Å². The van der Waals surface area contributed by atoms with Crippen LogP contribution < -0.4 is 0 Å². The minimum absolute atomic E-state index is 0.00440. The van der Waals surface area contributed by atoms with Crippen LogP contribution in [0.4, 0.5) is 4.39 Å². The summed E-state index contributed by atoms with van der Waals surface area (Å²) in [6.45, 7) is 0. The molecule has 0 aliphatic carbocycles. The number of carbonyl (C=O) groups excluding carboxylic acids is 2. The molecule has 5 nitrogen and oxygen atoms in total. The van der Waals surface area contributed by atoms with E-state index < -0.39 is 29.6 Å². The molecule has 0 aromatic heterocycles. The summed E-state index contributed by atoms with van der Waals surface area (Å²) < 4.78 is 13.0. The number of rotatable bonds is 4. The molecular weight excluding hydrogens is 372 g/mol. The van der Waals surface area contributed by atoms with Crippen molar-refractivity contribution in [1.29, 1.82) is 0 Å². The highest BCUT2D eigenvalue weighted by Gasteiger charge is 2.43. The number of carboxylic acids is 1. The quantitative estimate of drug-likeness (QED) is 0.823. The fourth-order valence-electron chi connectivity index (χ4n) is 2.67. The lowest BCUT2D eigenvalue weighted by atomic mass is 10.0. The second-order valence-corrected chi connectivity index (χ2v) is 6.29. The van der Waals surface area contributed by atoms with Crippen LogP contribution in [-0.2, 0) is 11.2 Å². The Morgan fingerprint density at radius 1 is 1.04 bits per heavy atom. The third-order valence-corrected chi connectivity index (χ3v) is 4.62. The molecule has 0 saturated carbocycles. The summed E-state index contributed by atoms with van der Waals surface area (Å²) >= 11 is 11.7. The van der Waals surface area contributed by atoms with Gasteiger partial charge in [-0.25, -0.2) is 9.18 Å². The molecule has 128 valence electrons. The molecule has 0 saturated heterocycles. The Balaban J connectivity index is 1.97. The van der Waals surface area contributed by atoms with Gasteiger partial charge in [-0.1, -0.05) is 35.3 Å². The lowest BCUT2D eigenvalue weighted by Crippen LogP contribution is -2.46. The van der Waals surface area contributed by atoms with Gasteiger partial charge in [0.15, 0.2) is 0 Å². The van der Waals surface area contributed by atoms with Crippen LogP contribution in [0.15, 0.2) is 36.4 Å². The number of carbonyl (C=O) groups is 3. The molecule has 2 aromatic rings. The predicted octanol–water partition coefficient (Wildman–Crippen LogP) is 3.42. The van der Waals surface area contributed by atoms with Gasteiger partial charge in [-0.3, -0.25) is 14.5 Å². The van der Waals surface area contributed by atoms with E-state index in [1.807, 2.05) is 0 Å². The molecule has 0 fully saturated rings. The molecule has 1 aliphatic heterocycles. The third-order valence-electron chi connectivity index (χ3n) is 3.90. The maximum atomic E-state index is 13.0. The molecule has 8 heteroatoms. The van der Waals surface area contributed by atoms with Gasteiger partial charge in [0.25, 0.3) is 11.8 Å². The molecule has 0 radical (unpaired) electrons. The molecule has 3 rings (SSSR count). The van der Waals surface area contributed by atoms with Crippen LogP contribution in [0.25, 0.3) is 0 Å². The van der Waals surface area contributed by atoms with Crippen molar-refractivity contribution in [2.75, 3.05) is 0 Å². The molecule has 1 aliphatic rings. The highest BCUT2D eigenvalue weighted by molar-refractivity contribution is 6.43. The number of nitrogens with zero attached hydrogens (tertiary/aromatic N) is 1. The van der Waals surface area contributed by atoms with Crippen molar-refractivity contribution in [2.24, 2.45) is 0 Å². The Morgan fingerprint density at radius 3 is 1.96 bits per heavy atom. The normalized spacial score (nSPS) is 14.6. The van der Waals surface area contributed by atoms with Crippen molar-refractivity contribution < 1.29 is 23.9 Å². The molecule has 1 atom stereocenters. The van der Waals surface area contributed by atoms with E-state index in [9.17, 15) is 23.9 Å². The number of fused-ring (bicyclic) bond motifs is 1. The van der Waals surface area contributed by atoms with Crippen LogP contribution in [0.2, 0.25) is 10.0 Å². The van der Waals surface area contributed by atoms with Gasteiger partial charge in [0.1, 0.15) is 11.9 Å². The van der Waals surface area contributed by atoms with E-state index in [4.69, 9.17) is 23.2 Å². The molecule has 1 heterocycles. The monoisotopic (exact) mass is 381 g/mol. The largest absolute Gasteiger partial charge is 0.480 e. The average molecular weight is 382 g/mol. The highest BCUT2D eigenvalue weighted by atomic mass is 35.5. The second kappa shape index (κ2) is 6.46. The van der Waals surface area contributed by atoms with Gasteiger partial charge in [0.2, 0.25) is 0 Å². The molecular formula is C17H10Cl2FNO4. The van der Waals surface area contributed by atoms with Crippen molar-refractivity contribution in [3.63, 3.8) is 0 Å². The fourth-order valence-corrected chi connectivity index (χ4v) is 3.00. The number of hydrogen-bond acceptors (Lipinski definition) is 3. The minimum atomic E-state index is -1.43. The van der Waals surface area contributed by atoms with E-state index in [1.165, 1.54) is 36.4 Å². The first-order chi connectivity index (χ1) is 11.8. The third kappa shape index (κ3) is 3.10. The zero-order chi connectivity index (χ0) is 18.3. The van der Waals surface area contributed by atoms with Gasteiger partial charge < -0.3 is 5.11 Å². The van der Waals surface area contributed by atoms with E-state index in [0.29, 0.717) is 10.5 Å². The molecule has 0 bridgehead atoms. The number of imide groups is 1. The maximum absolute atomic E-state index is 13.0. The first-order valence-electron chi connectivity index (χ1n) is 7.13. The topological polar surface area (TPSA) is 74.7 Å². The van der Waals surface area contributed by atoms with Gasteiger partial charge in [0.05, 0.1) is 21.2 Å². The second-order valence-electron chi connectivity index (χ2n) is 5.48. The molecule has 0 unspecified atom stereocenters. The zero-order valence-corrected chi connectivity index (χ0v) is 14.0. The van der Waals surface area contributed by atoms with Gasteiger partial charge in [-0.05, 0) is 29.8 Å². The molecule has 2 amide bonds. The Hall–Kier alpha value is -2.44. The molecule has 1 N–H and O–H groups in total. The van der Waals surface area contributed by atoms with Crippen molar-refractivity contribution in [2.45, 2.75) is 12.5 Å². The Labute approximate surface area is 151 Å². The van der Waals surface area contributed by atoms with Gasteiger partial charge >= 0.3 is 5.97 Å². The van der Waals surface area contributed by atoms with Crippen molar-refractivity contribution >= 4 is 41.0 Å². The van der Waals surface area contributed by atoms with E-state index in [2.05, 4.69) is 0 Å². The average Bonchev–Trinajstić information content (AvgIpc) is 2.79. The summed E-state index contributed by atoms with van der Waals surface area (Å²) in [5, 5.41) is 9.68. The van der Waals surface area contributed by atoms with E-state index in [0.717, 1.165) is 0 Å². The lowest BCUT2D eigenvalue weighted by Gasteiger charge is -2.22. The van der Waals surface area contributed by atoms with Gasteiger partial charge in [-0.2, -0.15) is 0 Å². The summed E-state index contributed by atoms with van der Waals surface area (Å²) in [5.74, 6) is -3.34. The SMILES string of the molecule is O=C(O)[C@H](Cc1ccc(F)cc1)N1C(=O)c2cc(Cl)c(Cl)cc2C1=O. The van der Waals surface area contributed by atoms with Gasteiger partial charge in [0, 0.05) is 6.42 Å². The highest BCUT2D eigenvalue weighted by Crippen LogP contribution is 2.33.